The molecule has 0 fully saturated rings. The first-order valence-electron chi connectivity index (χ1n) is 8.98. The van der Waals surface area contributed by atoms with Crippen molar-refractivity contribution in [2.24, 2.45) is 0 Å². The number of imidazole rings is 1. The number of aryl methyl sites for hydroxylation is 2. The summed E-state index contributed by atoms with van der Waals surface area (Å²) in [7, 11) is 0. The van der Waals surface area contributed by atoms with E-state index in [0.717, 1.165) is 34.0 Å². The molecule has 1 N–H and O–H groups in total. The molecule has 4 nitrogen and oxygen atoms in total. The number of rotatable bonds is 6. The third kappa shape index (κ3) is 3.78. The monoisotopic (exact) mass is 367 g/mol. The Morgan fingerprint density at radius 1 is 1.19 bits per heavy atom. The van der Waals surface area contributed by atoms with Crippen molar-refractivity contribution in [2.75, 3.05) is 11.1 Å². The summed E-state index contributed by atoms with van der Waals surface area (Å²) in [4.78, 5) is 17.2. The van der Waals surface area contributed by atoms with Gasteiger partial charge in [-0.25, -0.2) is 4.98 Å². The average Bonchev–Trinajstić information content (AvgIpc) is 2.99. The number of hydrogen-bond donors (Lipinski definition) is 1. The second kappa shape index (κ2) is 7.96. The van der Waals surface area contributed by atoms with Crippen molar-refractivity contribution in [3.8, 4) is 0 Å². The Morgan fingerprint density at radius 2 is 1.96 bits per heavy atom. The third-order valence-electron chi connectivity index (χ3n) is 4.46. The Balaban J connectivity index is 1.75. The Bertz CT molecular complexity index is 930. The van der Waals surface area contributed by atoms with Gasteiger partial charge in [0.2, 0.25) is 5.91 Å². The predicted molar refractivity (Wildman–Crippen MR) is 110 cm³/mol. The summed E-state index contributed by atoms with van der Waals surface area (Å²) < 4.78 is 2.15. The topological polar surface area (TPSA) is 46.9 Å². The van der Waals surface area contributed by atoms with Crippen molar-refractivity contribution in [3.63, 3.8) is 0 Å². The minimum absolute atomic E-state index is 0.000842. The van der Waals surface area contributed by atoms with Crippen molar-refractivity contribution in [1.82, 2.24) is 9.55 Å². The number of aromatic nitrogens is 2. The molecule has 0 saturated carbocycles. The van der Waals surface area contributed by atoms with Crippen LogP contribution in [-0.4, -0.2) is 21.2 Å². The highest BCUT2D eigenvalue weighted by molar-refractivity contribution is 7.99. The van der Waals surface area contributed by atoms with Gasteiger partial charge in [-0.1, -0.05) is 55.9 Å². The van der Waals surface area contributed by atoms with E-state index in [0.29, 0.717) is 11.7 Å². The molecule has 0 aliphatic carbocycles. The van der Waals surface area contributed by atoms with E-state index in [2.05, 4.69) is 47.8 Å². The number of anilines is 1. The molecule has 0 unspecified atom stereocenters. The van der Waals surface area contributed by atoms with Gasteiger partial charge in [0.05, 0.1) is 16.8 Å². The van der Waals surface area contributed by atoms with Crippen LogP contribution in [0.5, 0.6) is 0 Å². The van der Waals surface area contributed by atoms with Crippen LogP contribution in [0.1, 0.15) is 37.8 Å². The quantitative estimate of drug-likeness (QED) is 0.608. The van der Waals surface area contributed by atoms with Gasteiger partial charge in [0.1, 0.15) is 0 Å². The second-order valence-electron chi connectivity index (χ2n) is 6.66. The van der Waals surface area contributed by atoms with Crippen LogP contribution in [0.2, 0.25) is 0 Å². The van der Waals surface area contributed by atoms with E-state index in [4.69, 9.17) is 0 Å². The minimum Gasteiger partial charge on any atom is -0.325 e. The Hall–Kier alpha value is -2.27. The van der Waals surface area contributed by atoms with Crippen LogP contribution in [0, 0.1) is 6.92 Å². The van der Waals surface area contributed by atoms with Crippen LogP contribution in [0.15, 0.2) is 47.6 Å². The molecule has 3 rings (SSSR count). The lowest BCUT2D eigenvalue weighted by atomic mass is 9.98. The molecule has 0 radical (unpaired) electrons. The average molecular weight is 368 g/mol. The number of nitrogens with zero attached hydrogens (tertiary/aromatic N) is 2. The van der Waals surface area contributed by atoms with Gasteiger partial charge in [-0.3, -0.25) is 4.79 Å². The molecule has 3 aromatic rings. The highest BCUT2D eigenvalue weighted by Crippen LogP contribution is 2.28. The second-order valence-corrected chi connectivity index (χ2v) is 7.60. The van der Waals surface area contributed by atoms with Gasteiger partial charge in [-0.15, -0.1) is 0 Å². The molecule has 0 atom stereocenters. The molecule has 26 heavy (non-hydrogen) atoms. The summed E-state index contributed by atoms with van der Waals surface area (Å²) in [5.41, 5.74) is 5.29. The normalized spacial score (nSPS) is 11.3. The lowest BCUT2D eigenvalue weighted by molar-refractivity contribution is -0.113. The molecular weight excluding hydrogens is 342 g/mol. The van der Waals surface area contributed by atoms with Crippen LogP contribution in [0.3, 0.4) is 0 Å². The van der Waals surface area contributed by atoms with Crippen LogP contribution in [-0.2, 0) is 11.3 Å². The van der Waals surface area contributed by atoms with Crippen molar-refractivity contribution in [3.05, 3.63) is 53.6 Å². The fourth-order valence-electron chi connectivity index (χ4n) is 3.12. The van der Waals surface area contributed by atoms with Gasteiger partial charge >= 0.3 is 0 Å². The van der Waals surface area contributed by atoms with Crippen molar-refractivity contribution >= 4 is 34.4 Å². The number of para-hydroxylation sites is 3. The SMILES string of the molecule is CCn1c(SCC(=O)Nc2c(C)cccc2C(C)C)nc2ccccc21. The van der Waals surface area contributed by atoms with Crippen molar-refractivity contribution < 1.29 is 4.79 Å². The summed E-state index contributed by atoms with van der Waals surface area (Å²) >= 11 is 1.48. The smallest absolute Gasteiger partial charge is 0.234 e. The van der Waals surface area contributed by atoms with Gasteiger partial charge in [-0.2, -0.15) is 0 Å². The summed E-state index contributed by atoms with van der Waals surface area (Å²) in [6, 6.07) is 14.2. The highest BCUT2D eigenvalue weighted by Gasteiger charge is 2.14. The van der Waals surface area contributed by atoms with Gasteiger partial charge in [0.15, 0.2) is 5.16 Å². The molecule has 5 heteroatoms. The van der Waals surface area contributed by atoms with E-state index < -0.39 is 0 Å². The molecule has 1 heterocycles. The molecule has 0 saturated heterocycles. The molecule has 0 aliphatic heterocycles. The first-order valence-corrected chi connectivity index (χ1v) is 9.97. The standard InChI is InChI=1S/C21H25N3OS/c1-5-24-18-12-7-6-11-17(18)22-21(24)26-13-19(25)23-20-15(4)9-8-10-16(20)14(2)3/h6-12,14H,5,13H2,1-4H3,(H,23,25). The van der Waals surface area contributed by atoms with E-state index in [9.17, 15) is 4.79 Å². The van der Waals surface area contributed by atoms with Gasteiger partial charge in [-0.05, 0) is 43.0 Å². The first-order chi connectivity index (χ1) is 12.5. The van der Waals surface area contributed by atoms with Crippen molar-refractivity contribution in [1.29, 1.82) is 0 Å². The fourth-order valence-corrected chi connectivity index (χ4v) is 4.00. The minimum atomic E-state index is 0.000842. The maximum Gasteiger partial charge on any atom is 0.234 e. The number of thioether (sulfide) groups is 1. The highest BCUT2D eigenvalue weighted by atomic mass is 32.2. The van der Waals surface area contributed by atoms with Gasteiger partial charge in [0.25, 0.3) is 0 Å². The number of fused-ring (bicyclic) bond motifs is 1. The zero-order valence-electron chi connectivity index (χ0n) is 15.7. The van der Waals surface area contributed by atoms with E-state index in [-0.39, 0.29) is 5.91 Å². The number of amides is 1. The maximum atomic E-state index is 12.6. The maximum absolute atomic E-state index is 12.6. The Morgan fingerprint density at radius 3 is 2.69 bits per heavy atom. The number of carbonyl (C=O) groups excluding carboxylic acids is 1. The van der Waals surface area contributed by atoms with E-state index in [1.165, 1.54) is 17.3 Å². The van der Waals surface area contributed by atoms with Crippen LogP contribution < -0.4 is 5.32 Å². The fraction of sp³-hybridized carbons (Fsp3) is 0.333. The van der Waals surface area contributed by atoms with Gasteiger partial charge < -0.3 is 9.88 Å². The molecule has 0 spiro atoms. The lowest BCUT2D eigenvalue weighted by Crippen LogP contribution is -2.17. The molecule has 1 amide bonds. The zero-order chi connectivity index (χ0) is 18.7. The predicted octanol–water partition coefficient (Wildman–Crippen LogP) is 5.22. The number of carbonyl (C=O) groups is 1. The number of benzene rings is 2. The van der Waals surface area contributed by atoms with E-state index in [1.807, 2.05) is 37.3 Å². The molecule has 0 aliphatic rings. The molecule has 0 bridgehead atoms. The van der Waals surface area contributed by atoms with Crippen LogP contribution in [0.4, 0.5) is 5.69 Å². The number of nitrogens with one attached hydrogen (secondary N) is 1. The summed E-state index contributed by atoms with van der Waals surface area (Å²) in [6.45, 7) is 9.25. The summed E-state index contributed by atoms with van der Waals surface area (Å²) in [5, 5.41) is 3.99. The molecular formula is C21H25N3OS. The summed E-state index contributed by atoms with van der Waals surface area (Å²) in [6.07, 6.45) is 0. The molecule has 1 aromatic heterocycles. The third-order valence-corrected chi connectivity index (χ3v) is 5.44. The van der Waals surface area contributed by atoms with Crippen LogP contribution in [0.25, 0.3) is 11.0 Å². The molecule has 136 valence electrons. The lowest BCUT2D eigenvalue weighted by Gasteiger charge is -2.16. The van der Waals surface area contributed by atoms with Crippen LogP contribution >= 0.6 is 11.8 Å². The number of hydrogen-bond acceptors (Lipinski definition) is 3. The Labute approximate surface area is 159 Å². The molecule has 2 aromatic carbocycles. The first kappa shape index (κ1) is 18.5. The van der Waals surface area contributed by atoms with E-state index >= 15 is 0 Å². The summed E-state index contributed by atoms with van der Waals surface area (Å²) in [5.74, 6) is 0.706. The van der Waals surface area contributed by atoms with Crippen molar-refractivity contribution in [2.45, 2.75) is 45.3 Å². The largest absolute Gasteiger partial charge is 0.325 e. The zero-order valence-corrected chi connectivity index (χ0v) is 16.6. The Kier molecular flexibility index (Phi) is 5.67. The van der Waals surface area contributed by atoms with Gasteiger partial charge in [0, 0.05) is 12.2 Å². The van der Waals surface area contributed by atoms with E-state index in [1.54, 1.807) is 0 Å².